The summed E-state index contributed by atoms with van der Waals surface area (Å²) in [5.74, 6) is 2.56. The summed E-state index contributed by atoms with van der Waals surface area (Å²) in [7, 11) is 0. The molecule has 1 rings (SSSR count). The predicted octanol–water partition coefficient (Wildman–Crippen LogP) is 3.76. The van der Waals surface area contributed by atoms with E-state index in [9.17, 15) is 0 Å². The van der Waals surface area contributed by atoms with Crippen LogP contribution in [0.5, 0.6) is 0 Å². The fraction of sp³-hybridized carbons (Fsp3) is 1.00. The molecule has 1 heterocycles. The molecule has 1 aliphatic heterocycles. The summed E-state index contributed by atoms with van der Waals surface area (Å²) < 4.78 is 0. The van der Waals surface area contributed by atoms with Gasteiger partial charge in [0, 0.05) is 17.2 Å². The molecule has 0 bridgehead atoms. The topological polar surface area (TPSA) is 3.24 Å². The van der Waals surface area contributed by atoms with Crippen molar-refractivity contribution in [3.63, 3.8) is 0 Å². The van der Waals surface area contributed by atoms with Crippen LogP contribution in [0.4, 0.5) is 0 Å². The lowest BCUT2D eigenvalue weighted by Crippen LogP contribution is -2.38. The van der Waals surface area contributed by atoms with Crippen LogP contribution in [-0.2, 0) is 0 Å². The van der Waals surface area contributed by atoms with Gasteiger partial charge in [-0.1, -0.05) is 45.7 Å². The lowest BCUT2D eigenvalue weighted by atomic mass is 9.86. The van der Waals surface area contributed by atoms with Crippen molar-refractivity contribution in [2.24, 2.45) is 17.8 Å². The van der Waals surface area contributed by atoms with Crippen molar-refractivity contribution in [3.8, 4) is 0 Å². The van der Waals surface area contributed by atoms with Crippen LogP contribution in [0.15, 0.2) is 0 Å². The smallest absolute Gasteiger partial charge is 0.00703 e. The van der Waals surface area contributed by atoms with Gasteiger partial charge in [-0.3, -0.25) is 0 Å². The third-order valence-electron chi connectivity index (χ3n) is 3.32. The third kappa shape index (κ3) is 4.74. The number of nitrogens with zero attached hydrogens (tertiary/aromatic N) is 1. The standard InChI is InChI=1S/C12H23Br2N/c1-10(2)9-15-5-3-11(4-6-15)12(7-13)8-14/h10-12H,3-9H2,1-2H3. The quantitative estimate of drug-likeness (QED) is 0.689. The molecule has 0 unspecified atom stereocenters. The number of hydrogen-bond acceptors (Lipinski definition) is 1. The first kappa shape index (κ1) is 14.0. The van der Waals surface area contributed by atoms with Crippen molar-refractivity contribution in [1.82, 2.24) is 4.90 Å². The molecule has 90 valence electrons. The Hall–Kier alpha value is 0.920. The van der Waals surface area contributed by atoms with Gasteiger partial charge in [0.1, 0.15) is 0 Å². The molecule has 3 heteroatoms. The first-order valence-electron chi connectivity index (χ1n) is 6.01. The van der Waals surface area contributed by atoms with E-state index in [4.69, 9.17) is 0 Å². The molecule has 1 aliphatic rings. The van der Waals surface area contributed by atoms with Crippen LogP contribution in [0.2, 0.25) is 0 Å². The van der Waals surface area contributed by atoms with E-state index in [1.54, 1.807) is 0 Å². The molecule has 0 amide bonds. The fourth-order valence-corrected chi connectivity index (χ4v) is 4.55. The Morgan fingerprint density at radius 1 is 1.13 bits per heavy atom. The Kier molecular flexibility index (Phi) is 6.79. The molecule has 1 saturated heterocycles. The number of piperidine rings is 1. The fourth-order valence-electron chi connectivity index (χ4n) is 2.42. The van der Waals surface area contributed by atoms with Gasteiger partial charge < -0.3 is 4.90 Å². The van der Waals surface area contributed by atoms with Crippen molar-refractivity contribution in [2.45, 2.75) is 26.7 Å². The van der Waals surface area contributed by atoms with E-state index in [-0.39, 0.29) is 0 Å². The van der Waals surface area contributed by atoms with Crippen molar-refractivity contribution >= 4 is 31.9 Å². The molecule has 1 nitrogen and oxygen atoms in total. The molecule has 15 heavy (non-hydrogen) atoms. The van der Waals surface area contributed by atoms with E-state index < -0.39 is 0 Å². The van der Waals surface area contributed by atoms with Crippen LogP contribution in [0.1, 0.15) is 26.7 Å². The molecule has 0 spiro atoms. The Labute approximate surface area is 111 Å². The summed E-state index contributed by atoms with van der Waals surface area (Å²) >= 11 is 7.25. The Morgan fingerprint density at radius 2 is 1.67 bits per heavy atom. The number of hydrogen-bond donors (Lipinski definition) is 0. The van der Waals surface area contributed by atoms with Crippen LogP contribution < -0.4 is 0 Å². The maximum Gasteiger partial charge on any atom is 0.00703 e. The van der Waals surface area contributed by atoms with Crippen molar-refractivity contribution in [3.05, 3.63) is 0 Å². The van der Waals surface area contributed by atoms with Gasteiger partial charge in [0.25, 0.3) is 0 Å². The van der Waals surface area contributed by atoms with Gasteiger partial charge in [0.05, 0.1) is 0 Å². The highest BCUT2D eigenvalue weighted by atomic mass is 79.9. The first-order chi connectivity index (χ1) is 7.17. The minimum absolute atomic E-state index is 0.810. The molecule has 0 aromatic rings. The summed E-state index contributed by atoms with van der Waals surface area (Å²) in [6, 6.07) is 0. The molecule has 0 saturated carbocycles. The second-order valence-corrected chi connectivity index (χ2v) is 6.40. The predicted molar refractivity (Wildman–Crippen MR) is 75.1 cm³/mol. The SMILES string of the molecule is CC(C)CN1CCC(C(CBr)CBr)CC1. The van der Waals surface area contributed by atoms with Crippen LogP contribution in [-0.4, -0.2) is 35.2 Å². The van der Waals surface area contributed by atoms with Gasteiger partial charge in [-0.2, -0.15) is 0 Å². The molecule has 0 radical (unpaired) electrons. The van der Waals surface area contributed by atoms with Crippen molar-refractivity contribution < 1.29 is 0 Å². The number of alkyl halides is 2. The maximum atomic E-state index is 3.62. The van der Waals surface area contributed by atoms with Crippen molar-refractivity contribution in [2.75, 3.05) is 30.3 Å². The zero-order valence-corrected chi connectivity index (χ0v) is 13.1. The second-order valence-electron chi connectivity index (χ2n) is 5.10. The minimum Gasteiger partial charge on any atom is -0.303 e. The molecule has 1 fully saturated rings. The highest BCUT2D eigenvalue weighted by Crippen LogP contribution is 2.28. The van der Waals surface area contributed by atoms with Gasteiger partial charge in [-0.05, 0) is 43.7 Å². The van der Waals surface area contributed by atoms with Crippen LogP contribution in [0.3, 0.4) is 0 Å². The Morgan fingerprint density at radius 3 is 2.07 bits per heavy atom. The summed E-state index contributed by atoms with van der Waals surface area (Å²) in [6.45, 7) is 8.51. The van der Waals surface area contributed by atoms with E-state index in [1.165, 1.54) is 32.5 Å². The van der Waals surface area contributed by atoms with Crippen LogP contribution in [0.25, 0.3) is 0 Å². The largest absolute Gasteiger partial charge is 0.303 e. The van der Waals surface area contributed by atoms with E-state index >= 15 is 0 Å². The van der Waals surface area contributed by atoms with Gasteiger partial charge in [-0.15, -0.1) is 0 Å². The Balaban J connectivity index is 2.28. The minimum atomic E-state index is 0.810. The molecular formula is C12H23Br2N. The highest BCUT2D eigenvalue weighted by Gasteiger charge is 2.25. The number of likely N-dealkylation sites (tertiary alicyclic amines) is 1. The summed E-state index contributed by atoms with van der Waals surface area (Å²) in [4.78, 5) is 2.63. The lowest BCUT2D eigenvalue weighted by Gasteiger charge is -2.35. The van der Waals surface area contributed by atoms with E-state index in [0.717, 1.165) is 28.4 Å². The summed E-state index contributed by atoms with van der Waals surface area (Å²) in [5.41, 5.74) is 0. The lowest BCUT2D eigenvalue weighted by molar-refractivity contribution is 0.148. The van der Waals surface area contributed by atoms with Gasteiger partial charge >= 0.3 is 0 Å². The average Bonchev–Trinajstić information content (AvgIpc) is 2.21. The summed E-state index contributed by atoms with van der Waals surface area (Å²) in [6.07, 6.45) is 2.77. The number of halogens is 2. The average molecular weight is 341 g/mol. The highest BCUT2D eigenvalue weighted by molar-refractivity contribution is 9.09. The van der Waals surface area contributed by atoms with Crippen molar-refractivity contribution in [1.29, 1.82) is 0 Å². The zero-order chi connectivity index (χ0) is 11.3. The molecule has 0 atom stereocenters. The van der Waals surface area contributed by atoms with E-state index in [0.29, 0.717) is 0 Å². The van der Waals surface area contributed by atoms with Crippen LogP contribution >= 0.6 is 31.9 Å². The molecule has 0 N–H and O–H groups in total. The Bertz CT molecular complexity index is 161. The maximum absolute atomic E-state index is 3.62. The second kappa shape index (κ2) is 7.29. The molecule has 0 aromatic carbocycles. The molecular weight excluding hydrogens is 318 g/mol. The monoisotopic (exact) mass is 339 g/mol. The van der Waals surface area contributed by atoms with E-state index in [2.05, 4.69) is 50.6 Å². The van der Waals surface area contributed by atoms with Gasteiger partial charge in [-0.25, -0.2) is 0 Å². The number of rotatable bonds is 5. The van der Waals surface area contributed by atoms with Crippen LogP contribution in [0, 0.1) is 17.8 Å². The first-order valence-corrected chi connectivity index (χ1v) is 8.26. The van der Waals surface area contributed by atoms with Gasteiger partial charge in [0.2, 0.25) is 0 Å². The molecule has 0 aliphatic carbocycles. The zero-order valence-electron chi connectivity index (χ0n) is 9.88. The third-order valence-corrected chi connectivity index (χ3v) is 4.98. The summed E-state index contributed by atoms with van der Waals surface area (Å²) in [5, 5.41) is 2.29. The van der Waals surface area contributed by atoms with Gasteiger partial charge in [0.15, 0.2) is 0 Å². The van der Waals surface area contributed by atoms with E-state index in [1.807, 2.05) is 0 Å². The molecule has 0 aromatic heterocycles. The normalized spacial score (nSPS) is 20.4.